The molecule has 0 aromatic heterocycles. The molecule has 0 unspecified atom stereocenters. The number of carbonyl (C=O) groups is 1. The summed E-state index contributed by atoms with van der Waals surface area (Å²) in [6.45, 7) is 6.92. The van der Waals surface area contributed by atoms with Crippen molar-refractivity contribution in [1.29, 1.82) is 0 Å². The minimum absolute atomic E-state index is 0.173. The second kappa shape index (κ2) is 5.93. The van der Waals surface area contributed by atoms with Crippen molar-refractivity contribution >= 4 is 5.91 Å². The van der Waals surface area contributed by atoms with E-state index >= 15 is 0 Å². The molecule has 3 rings (SSSR count). The van der Waals surface area contributed by atoms with Crippen molar-refractivity contribution in [3.05, 3.63) is 23.8 Å². The van der Waals surface area contributed by atoms with Crippen LogP contribution in [-0.4, -0.2) is 49.2 Å². The van der Waals surface area contributed by atoms with Crippen LogP contribution in [0.15, 0.2) is 18.2 Å². The van der Waals surface area contributed by atoms with E-state index in [0.29, 0.717) is 31.7 Å². The number of ether oxygens (including phenoxy) is 2. The van der Waals surface area contributed by atoms with E-state index in [0.717, 1.165) is 30.2 Å². The van der Waals surface area contributed by atoms with Gasteiger partial charge in [0.2, 0.25) is 5.91 Å². The average molecular weight is 290 g/mol. The summed E-state index contributed by atoms with van der Waals surface area (Å²) >= 11 is 0. The van der Waals surface area contributed by atoms with Crippen LogP contribution in [-0.2, 0) is 11.2 Å². The Morgan fingerprint density at radius 3 is 2.57 bits per heavy atom. The number of hydrogen-bond acceptors (Lipinski definition) is 4. The van der Waals surface area contributed by atoms with E-state index in [-0.39, 0.29) is 5.91 Å². The number of fused-ring (bicyclic) bond motifs is 1. The zero-order valence-electron chi connectivity index (χ0n) is 12.6. The summed E-state index contributed by atoms with van der Waals surface area (Å²) in [5.74, 6) is 1.68. The number of nitrogens with zero attached hydrogens (tertiary/aromatic N) is 1. The van der Waals surface area contributed by atoms with Gasteiger partial charge in [-0.3, -0.25) is 4.79 Å². The van der Waals surface area contributed by atoms with Crippen LogP contribution in [0.25, 0.3) is 0 Å². The highest BCUT2D eigenvalue weighted by molar-refractivity contribution is 5.79. The van der Waals surface area contributed by atoms with Crippen molar-refractivity contribution in [3.8, 4) is 11.5 Å². The zero-order chi connectivity index (χ0) is 14.8. The summed E-state index contributed by atoms with van der Waals surface area (Å²) in [6.07, 6.45) is 0.413. The third-order valence-electron chi connectivity index (χ3n) is 3.87. The van der Waals surface area contributed by atoms with Gasteiger partial charge in [-0.15, -0.1) is 0 Å². The van der Waals surface area contributed by atoms with Crippen LogP contribution in [0.2, 0.25) is 0 Å². The van der Waals surface area contributed by atoms with E-state index in [1.807, 2.05) is 23.1 Å². The lowest BCUT2D eigenvalue weighted by molar-refractivity contribution is -0.132. The number of rotatable bonds is 2. The summed E-state index contributed by atoms with van der Waals surface area (Å²) in [5.41, 5.74) is 0.975. The Kier molecular flexibility index (Phi) is 4.01. The van der Waals surface area contributed by atoms with Gasteiger partial charge in [-0.25, -0.2) is 0 Å². The first-order valence-corrected chi connectivity index (χ1v) is 7.54. The topological polar surface area (TPSA) is 50.8 Å². The predicted molar refractivity (Wildman–Crippen MR) is 79.8 cm³/mol. The first kappa shape index (κ1) is 14.2. The number of hydrogen-bond donors (Lipinski definition) is 1. The molecule has 0 saturated carbocycles. The van der Waals surface area contributed by atoms with Gasteiger partial charge in [0.25, 0.3) is 0 Å². The van der Waals surface area contributed by atoms with E-state index in [4.69, 9.17) is 9.47 Å². The Morgan fingerprint density at radius 1 is 1.19 bits per heavy atom. The summed E-state index contributed by atoms with van der Waals surface area (Å²) in [7, 11) is 0. The molecule has 1 amide bonds. The number of nitrogens with one attached hydrogen (secondary N) is 1. The van der Waals surface area contributed by atoms with E-state index in [1.54, 1.807) is 0 Å². The van der Waals surface area contributed by atoms with Crippen LogP contribution in [0.1, 0.15) is 19.4 Å². The maximum absolute atomic E-state index is 12.5. The van der Waals surface area contributed by atoms with E-state index in [9.17, 15) is 4.79 Å². The molecule has 114 valence electrons. The molecular weight excluding hydrogens is 268 g/mol. The van der Waals surface area contributed by atoms with Crippen molar-refractivity contribution < 1.29 is 14.3 Å². The lowest BCUT2D eigenvalue weighted by atomic mass is 10.1. The quantitative estimate of drug-likeness (QED) is 0.889. The molecule has 1 aromatic rings. The van der Waals surface area contributed by atoms with Crippen molar-refractivity contribution in [3.63, 3.8) is 0 Å². The van der Waals surface area contributed by atoms with Gasteiger partial charge in [0, 0.05) is 25.2 Å². The average Bonchev–Trinajstić information content (AvgIpc) is 2.46. The molecule has 2 aliphatic heterocycles. The molecule has 0 aliphatic carbocycles. The molecular formula is C16H22N2O3. The number of amides is 1. The standard InChI is InChI=1S/C16H22N2O3/c1-11-9-18(10-12(2)17-11)16(19)8-13-3-4-14-15(7-13)21-6-5-20-14/h3-4,7,11-12,17H,5-6,8-10H2,1-2H3/t11-,12+. The molecule has 2 atom stereocenters. The van der Waals surface area contributed by atoms with Crippen LogP contribution < -0.4 is 14.8 Å². The summed E-state index contributed by atoms with van der Waals surface area (Å²) in [4.78, 5) is 14.4. The first-order chi connectivity index (χ1) is 10.1. The Morgan fingerprint density at radius 2 is 1.86 bits per heavy atom. The van der Waals surface area contributed by atoms with Gasteiger partial charge in [-0.05, 0) is 31.5 Å². The minimum Gasteiger partial charge on any atom is -0.486 e. The third kappa shape index (κ3) is 3.29. The molecule has 5 heteroatoms. The fraction of sp³-hybridized carbons (Fsp3) is 0.562. The van der Waals surface area contributed by atoms with Crippen molar-refractivity contribution in [2.75, 3.05) is 26.3 Å². The number of piperazine rings is 1. The SMILES string of the molecule is C[C@@H]1CN(C(=O)Cc2ccc3c(c2)OCCO3)C[C@H](C)N1. The third-order valence-corrected chi connectivity index (χ3v) is 3.87. The highest BCUT2D eigenvalue weighted by Crippen LogP contribution is 2.31. The molecule has 2 heterocycles. The molecule has 1 aromatic carbocycles. The maximum atomic E-state index is 12.5. The normalized spacial score (nSPS) is 24.8. The van der Waals surface area contributed by atoms with Crippen LogP contribution in [0.5, 0.6) is 11.5 Å². The molecule has 0 spiro atoms. The van der Waals surface area contributed by atoms with Gasteiger partial charge >= 0.3 is 0 Å². The molecule has 1 saturated heterocycles. The van der Waals surface area contributed by atoms with Gasteiger partial charge in [0.1, 0.15) is 13.2 Å². The number of benzene rings is 1. The van der Waals surface area contributed by atoms with Crippen LogP contribution >= 0.6 is 0 Å². The van der Waals surface area contributed by atoms with Crippen molar-refractivity contribution in [1.82, 2.24) is 10.2 Å². The fourth-order valence-corrected chi connectivity index (χ4v) is 3.01. The lowest BCUT2D eigenvalue weighted by Crippen LogP contribution is -2.56. The van der Waals surface area contributed by atoms with Gasteiger partial charge in [0.05, 0.1) is 6.42 Å². The Balaban J connectivity index is 1.67. The smallest absolute Gasteiger partial charge is 0.227 e. The van der Waals surface area contributed by atoms with Crippen LogP contribution in [0.3, 0.4) is 0 Å². The first-order valence-electron chi connectivity index (χ1n) is 7.54. The fourth-order valence-electron chi connectivity index (χ4n) is 3.01. The van der Waals surface area contributed by atoms with Crippen LogP contribution in [0.4, 0.5) is 0 Å². The molecule has 1 fully saturated rings. The zero-order valence-corrected chi connectivity index (χ0v) is 12.6. The van der Waals surface area contributed by atoms with Gasteiger partial charge in [-0.2, -0.15) is 0 Å². The van der Waals surface area contributed by atoms with E-state index in [1.165, 1.54) is 0 Å². The summed E-state index contributed by atoms with van der Waals surface area (Å²) in [6, 6.07) is 6.44. The van der Waals surface area contributed by atoms with Crippen molar-refractivity contribution in [2.24, 2.45) is 0 Å². The molecule has 0 bridgehead atoms. The highest BCUT2D eigenvalue weighted by atomic mass is 16.6. The van der Waals surface area contributed by atoms with Crippen LogP contribution in [0, 0.1) is 0 Å². The lowest BCUT2D eigenvalue weighted by Gasteiger charge is -2.36. The maximum Gasteiger partial charge on any atom is 0.227 e. The second-order valence-electron chi connectivity index (χ2n) is 5.92. The van der Waals surface area contributed by atoms with Crippen molar-refractivity contribution in [2.45, 2.75) is 32.4 Å². The Hall–Kier alpha value is -1.75. The van der Waals surface area contributed by atoms with E-state index in [2.05, 4.69) is 19.2 Å². The largest absolute Gasteiger partial charge is 0.486 e. The van der Waals surface area contributed by atoms with Gasteiger partial charge in [0.15, 0.2) is 11.5 Å². The van der Waals surface area contributed by atoms with Gasteiger partial charge in [-0.1, -0.05) is 6.07 Å². The molecule has 0 radical (unpaired) electrons. The predicted octanol–water partition coefficient (Wildman–Crippen LogP) is 1.21. The molecule has 2 aliphatic rings. The Bertz CT molecular complexity index is 522. The summed E-state index contributed by atoms with van der Waals surface area (Å²) in [5, 5.41) is 3.44. The van der Waals surface area contributed by atoms with Gasteiger partial charge < -0.3 is 19.7 Å². The molecule has 21 heavy (non-hydrogen) atoms. The Labute approximate surface area is 125 Å². The van der Waals surface area contributed by atoms with E-state index < -0.39 is 0 Å². The molecule has 1 N–H and O–H groups in total. The minimum atomic E-state index is 0.173. The number of carbonyl (C=O) groups excluding carboxylic acids is 1. The summed E-state index contributed by atoms with van der Waals surface area (Å²) < 4.78 is 11.1. The molecule has 5 nitrogen and oxygen atoms in total. The second-order valence-corrected chi connectivity index (χ2v) is 5.92. The highest BCUT2D eigenvalue weighted by Gasteiger charge is 2.25. The monoisotopic (exact) mass is 290 g/mol.